The van der Waals surface area contributed by atoms with Crippen LogP contribution in [0.2, 0.25) is 0 Å². The second kappa shape index (κ2) is 6.99. The lowest BCUT2D eigenvalue weighted by Gasteiger charge is -2.15. The van der Waals surface area contributed by atoms with Gasteiger partial charge in [-0.3, -0.25) is 0 Å². The lowest BCUT2D eigenvalue weighted by Crippen LogP contribution is -2.36. The van der Waals surface area contributed by atoms with Crippen LogP contribution in [0.5, 0.6) is 5.75 Å². The molecule has 0 aliphatic rings. The molecule has 5 nitrogen and oxygen atoms in total. The molecular weight excluding hydrogens is 277 g/mol. The highest BCUT2D eigenvalue weighted by Gasteiger charge is 2.33. The van der Waals surface area contributed by atoms with Crippen LogP contribution < -0.4 is 15.4 Å². The Morgan fingerprint density at radius 2 is 2.05 bits per heavy atom. The molecule has 0 atom stereocenters. The number of aliphatic hydroxyl groups is 1. The standard InChI is InChI=1S/C12H15F3N2O3/c1-20-9-3-2-8(10(6-9)12(13,14)15)7-17-11(19)16-4-5-18/h2-3,6,18H,4-5,7H2,1H3,(H2,16,17,19). The number of halogens is 3. The van der Waals surface area contributed by atoms with Crippen molar-refractivity contribution < 1.29 is 27.8 Å². The number of hydrogen-bond acceptors (Lipinski definition) is 3. The van der Waals surface area contributed by atoms with Crippen molar-refractivity contribution in [3.05, 3.63) is 29.3 Å². The molecule has 0 aliphatic heterocycles. The van der Waals surface area contributed by atoms with Crippen LogP contribution in [-0.4, -0.2) is 31.4 Å². The fourth-order valence-electron chi connectivity index (χ4n) is 1.51. The van der Waals surface area contributed by atoms with Gasteiger partial charge in [0.15, 0.2) is 0 Å². The number of benzene rings is 1. The van der Waals surface area contributed by atoms with Gasteiger partial charge in [0.25, 0.3) is 0 Å². The number of urea groups is 1. The Bertz CT molecular complexity index is 464. The molecule has 0 saturated heterocycles. The fraction of sp³-hybridized carbons (Fsp3) is 0.417. The van der Waals surface area contributed by atoms with Crippen molar-refractivity contribution in [3.63, 3.8) is 0 Å². The summed E-state index contributed by atoms with van der Waals surface area (Å²) in [6, 6.07) is 2.86. The van der Waals surface area contributed by atoms with Crippen molar-refractivity contribution in [1.29, 1.82) is 0 Å². The third-order valence-corrected chi connectivity index (χ3v) is 2.46. The van der Waals surface area contributed by atoms with Gasteiger partial charge in [-0.2, -0.15) is 13.2 Å². The highest BCUT2D eigenvalue weighted by atomic mass is 19.4. The zero-order valence-corrected chi connectivity index (χ0v) is 10.8. The number of hydrogen-bond donors (Lipinski definition) is 3. The molecule has 0 heterocycles. The Hall–Kier alpha value is -1.96. The molecule has 2 amide bonds. The predicted molar refractivity (Wildman–Crippen MR) is 65.3 cm³/mol. The number of aliphatic hydroxyl groups excluding tert-OH is 1. The SMILES string of the molecule is COc1ccc(CNC(=O)NCCO)c(C(F)(F)F)c1. The Kier molecular flexibility index (Phi) is 5.63. The van der Waals surface area contributed by atoms with Crippen LogP contribution in [0.1, 0.15) is 11.1 Å². The van der Waals surface area contributed by atoms with E-state index >= 15 is 0 Å². The summed E-state index contributed by atoms with van der Waals surface area (Å²) in [6.45, 7) is -0.500. The average Bonchev–Trinajstić information content (AvgIpc) is 2.41. The second-order valence-electron chi connectivity index (χ2n) is 3.85. The van der Waals surface area contributed by atoms with Crippen molar-refractivity contribution in [1.82, 2.24) is 10.6 Å². The van der Waals surface area contributed by atoms with Gasteiger partial charge in [0.2, 0.25) is 0 Å². The van der Waals surface area contributed by atoms with Crippen molar-refractivity contribution in [3.8, 4) is 5.75 Å². The minimum absolute atomic E-state index is 0.0283. The maximum atomic E-state index is 12.9. The summed E-state index contributed by atoms with van der Waals surface area (Å²) in [4.78, 5) is 11.2. The van der Waals surface area contributed by atoms with E-state index in [1.54, 1.807) is 0 Å². The molecule has 20 heavy (non-hydrogen) atoms. The third kappa shape index (κ3) is 4.61. The van der Waals surface area contributed by atoms with Crippen LogP contribution in [0.3, 0.4) is 0 Å². The maximum absolute atomic E-state index is 12.9. The zero-order valence-electron chi connectivity index (χ0n) is 10.8. The fourth-order valence-corrected chi connectivity index (χ4v) is 1.51. The van der Waals surface area contributed by atoms with Gasteiger partial charge in [0.1, 0.15) is 5.75 Å². The Morgan fingerprint density at radius 3 is 2.60 bits per heavy atom. The normalized spacial score (nSPS) is 11.1. The molecule has 1 aromatic rings. The highest BCUT2D eigenvalue weighted by molar-refractivity contribution is 5.73. The number of carbonyl (C=O) groups is 1. The van der Waals surface area contributed by atoms with E-state index in [-0.39, 0.29) is 31.0 Å². The maximum Gasteiger partial charge on any atom is 0.416 e. The van der Waals surface area contributed by atoms with E-state index in [2.05, 4.69) is 10.6 Å². The van der Waals surface area contributed by atoms with Crippen LogP contribution in [0.25, 0.3) is 0 Å². The summed E-state index contributed by atoms with van der Waals surface area (Å²) in [5, 5.41) is 13.1. The first kappa shape index (κ1) is 16.1. The van der Waals surface area contributed by atoms with Gasteiger partial charge in [0.05, 0.1) is 19.3 Å². The summed E-state index contributed by atoms with van der Waals surface area (Å²) in [5.74, 6) is 0.0887. The first-order valence-corrected chi connectivity index (χ1v) is 5.75. The smallest absolute Gasteiger partial charge is 0.416 e. The minimum atomic E-state index is -4.53. The molecule has 0 unspecified atom stereocenters. The molecule has 8 heteroatoms. The van der Waals surface area contributed by atoms with Crippen molar-refractivity contribution in [2.24, 2.45) is 0 Å². The number of nitrogens with one attached hydrogen (secondary N) is 2. The van der Waals surface area contributed by atoms with Crippen LogP contribution in [-0.2, 0) is 12.7 Å². The molecule has 0 fully saturated rings. The van der Waals surface area contributed by atoms with Gasteiger partial charge in [-0.1, -0.05) is 6.07 Å². The second-order valence-corrected chi connectivity index (χ2v) is 3.85. The molecule has 112 valence electrons. The van der Waals surface area contributed by atoms with E-state index in [0.29, 0.717) is 0 Å². The van der Waals surface area contributed by atoms with Crippen molar-refractivity contribution in [2.75, 3.05) is 20.3 Å². The average molecular weight is 292 g/mol. The van der Waals surface area contributed by atoms with E-state index in [0.717, 1.165) is 6.07 Å². The van der Waals surface area contributed by atoms with Crippen LogP contribution in [0.15, 0.2) is 18.2 Å². The Morgan fingerprint density at radius 1 is 1.35 bits per heavy atom. The van der Waals surface area contributed by atoms with Crippen molar-refractivity contribution in [2.45, 2.75) is 12.7 Å². The third-order valence-electron chi connectivity index (χ3n) is 2.46. The van der Waals surface area contributed by atoms with Gasteiger partial charge < -0.3 is 20.5 Å². The zero-order chi connectivity index (χ0) is 15.2. The lowest BCUT2D eigenvalue weighted by atomic mass is 10.1. The Labute approximate surface area is 113 Å². The topological polar surface area (TPSA) is 70.6 Å². The van der Waals surface area contributed by atoms with Gasteiger partial charge in [0, 0.05) is 13.1 Å². The van der Waals surface area contributed by atoms with Crippen LogP contribution in [0.4, 0.5) is 18.0 Å². The van der Waals surface area contributed by atoms with E-state index in [4.69, 9.17) is 9.84 Å². The summed E-state index contributed by atoms with van der Waals surface area (Å²) in [5.41, 5.74) is -0.934. The molecule has 3 N–H and O–H groups in total. The van der Waals surface area contributed by atoms with Gasteiger partial charge in [-0.05, 0) is 17.7 Å². The summed E-state index contributed by atoms with van der Waals surface area (Å²) < 4.78 is 43.4. The van der Waals surface area contributed by atoms with Crippen LogP contribution in [0, 0.1) is 0 Å². The molecule has 0 spiro atoms. The molecule has 1 aromatic carbocycles. The number of rotatable bonds is 5. The summed E-state index contributed by atoms with van der Waals surface area (Å²) >= 11 is 0. The number of alkyl halides is 3. The number of methoxy groups -OCH3 is 1. The molecule has 0 aliphatic carbocycles. The Balaban J connectivity index is 2.81. The van der Waals surface area contributed by atoms with E-state index < -0.39 is 17.8 Å². The first-order chi connectivity index (χ1) is 9.38. The van der Waals surface area contributed by atoms with Crippen LogP contribution >= 0.6 is 0 Å². The monoisotopic (exact) mass is 292 g/mol. The van der Waals surface area contributed by atoms with E-state index in [9.17, 15) is 18.0 Å². The van der Waals surface area contributed by atoms with E-state index in [1.165, 1.54) is 19.2 Å². The lowest BCUT2D eigenvalue weighted by molar-refractivity contribution is -0.138. The van der Waals surface area contributed by atoms with E-state index in [1.807, 2.05) is 0 Å². The number of amides is 2. The highest BCUT2D eigenvalue weighted by Crippen LogP contribution is 2.34. The number of ether oxygens (including phenoxy) is 1. The van der Waals surface area contributed by atoms with Gasteiger partial charge in [-0.15, -0.1) is 0 Å². The van der Waals surface area contributed by atoms with Gasteiger partial charge >= 0.3 is 12.2 Å². The molecule has 0 radical (unpaired) electrons. The quantitative estimate of drug-likeness (QED) is 0.770. The van der Waals surface area contributed by atoms with Crippen molar-refractivity contribution >= 4 is 6.03 Å². The minimum Gasteiger partial charge on any atom is -0.497 e. The molecule has 0 saturated carbocycles. The molecule has 0 aromatic heterocycles. The largest absolute Gasteiger partial charge is 0.497 e. The van der Waals surface area contributed by atoms with Gasteiger partial charge in [-0.25, -0.2) is 4.79 Å². The molecular formula is C12H15F3N2O3. The first-order valence-electron chi connectivity index (χ1n) is 5.75. The number of carbonyl (C=O) groups excluding carboxylic acids is 1. The summed E-state index contributed by atoms with van der Waals surface area (Å²) in [7, 11) is 1.27. The summed E-state index contributed by atoms with van der Waals surface area (Å²) in [6.07, 6.45) is -4.53. The molecule has 0 bridgehead atoms. The molecule has 1 rings (SSSR count). The predicted octanol–water partition coefficient (Wildman–Crippen LogP) is 1.51.